The van der Waals surface area contributed by atoms with Crippen LogP contribution in [0, 0.1) is 6.92 Å². The minimum atomic E-state index is -0.222. The maximum Gasteiger partial charge on any atom is 0.274 e. The molecule has 0 aliphatic heterocycles. The summed E-state index contributed by atoms with van der Waals surface area (Å²) < 4.78 is 0. The van der Waals surface area contributed by atoms with E-state index in [0.29, 0.717) is 17.0 Å². The summed E-state index contributed by atoms with van der Waals surface area (Å²) in [7, 11) is 4.14. The number of rotatable bonds is 4. The van der Waals surface area contributed by atoms with Crippen molar-refractivity contribution < 1.29 is 5.11 Å². The van der Waals surface area contributed by atoms with Crippen molar-refractivity contribution in [2.75, 3.05) is 20.6 Å². The number of nitrogens with one attached hydrogen (secondary N) is 1. The maximum absolute atomic E-state index is 12.5. The van der Waals surface area contributed by atoms with Crippen LogP contribution in [0.15, 0.2) is 53.5 Å². The zero-order chi connectivity index (χ0) is 20.7. The number of phenolic OH excluding ortho intramolecular Hbond substituents is 1. The van der Waals surface area contributed by atoms with E-state index < -0.39 is 0 Å². The molecule has 2 aromatic carbocycles. The van der Waals surface area contributed by atoms with Gasteiger partial charge in [0, 0.05) is 29.1 Å². The first kappa shape index (κ1) is 19.2. The van der Waals surface area contributed by atoms with Crippen LogP contribution in [0.2, 0.25) is 0 Å². The Morgan fingerprint density at radius 2 is 1.90 bits per heavy atom. The monoisotopic (exact) mass is 387 g/mol. The average molecular weight is 387 g/mol. The van der Waals surface area contributed by atoms with Crippen molar-refractivity contribution in [3.63, 3.8) is 0 Å². The molecule has 0 saturated carbocycles. The van der Waals surface area contributed by atoms with Crippen molar-refractivity contribution in [1.82, 2.24) is 14.9 Å². The lowest BCUT2D eigenvalue weighted by atomic mass is 9.92. The molecule has 0 saturated heterocycles. The highest BCUT2D eigenvalue weighted by atomic mass is 16.3. The van der Waals surface area contributed by atoms with Gasteiger partial charge in [-0.3, -0.25) is 9.78 Å². The molecule has 29 heavy (non-hydrogen) atoms. The zero-order valence-electron chi connectivity index (χ0n) is 17.2. The summed E-state index contributed by atoms with van der Waals surface area (Å²) in [4.78, 5) is 21.9. The Bertz CT molecular complexity index is 1260. The highest BCUT2D eigenvalue weighted by molar-refractivity contribution is 6.13. The number of hydrogen-bond acceptors (Lipinski definition) is 4. The molecule has 1 unspecified atom stereocenters. The number of phenols is 1. The number of aromatic amines is 1. The first-order chi connectivity index (χ1) is 13.9. The van der Waals surface area contributed by atoms with Gasteiger partial charge in [-0.25, -0.2) is 0 Å². The van der Waals surface area contributed by atoms with Gasteiger partial charge in [0.15, 0.2) is 0 Å². The highest BCUT2D eigenvalue weighted by Gasteiger charge is 2.17. The Kier molecular flexibility index (Phi) is 4.84. The number of fused-ring (bicyclic) bond motifs is 3. The second kappa shape index (κ2) is 7.33. The number of likely N-dealkylation sites (N-methyl/N-ethyl adjacent to an activating group) is 1. The standard InChI is InChI=1S/C24H25N3O2/c1-14-12-19(28)20(17-9-7-16(8-10-17)15(2)13-27(3)4)21-18-6-5-11-25-23(18)24(29)26-22(14)21/h5-12,15,28H,13H2,1-4H3,(H,26,29). The molecule has 4 rings (SSSR count). The first-order valence-corrected chi connectivity index (χ1v) is 9.75. The van der Waals surface area contributed by atoms with E-state index >= 15 is 0 Å². The van der Waals surface area contributed by atoms with Gasteiger partial charge in [0.25, 0.3) is 5.56 Å². The molecular formula is C24H25N3O2. The topological polar surface area (TPSA) is 69.2 Å². The normalized spacial score (nSPS) is 12.7. The minimum Gasteiger partial charge on any atom is -0.507 e. The molecule has 148 valence electrons. The van der Waals surface area contributed by atoms with Crippen LogP contribution in [0.3, 0.4) is 0 Å². The number of nitrogens with zero attached hydrogens (tertiary/aromatic N) is 2. The lowest BCUT2D eigenvalue weighted by molar-refractivity contribution is 0.383. The second-order valence-electron chi connectivity index (χ2n) is 7.98. The molecule has 5 nitrogen and oxygen atoms in total. The fourth-order valence-corrected chi connectivity index (χ4v) is 4.11. The Balaban J connectivity index is 1.97. The van der Waals surface area contributed by atoms with Crippen LogP contribution >= 0.6 is 0 Å². The van der Waals surface area contributed by atoms with Crippen LogP contribution in [0.4, 0.5) is 0 Å². The van der Waals surface area contributed by atoms with Gasteiger partial charge in [-0.05, 0) is 55.8 Å². The van der Waals surface area contributed by atoms with Crippen LogP contribution in [-0.2, 0) is 0 Å². The molecule has 0 radical (unpaired) electrons. The lowest BCUT2D eigenvalue weighted by Crippen LogP contribution is -2.18. The van der Waals surface area contributed by atoms with Crippen molar-refractivity contribution in [3.05, 3.63) is 70.1 Å². The number of pyridine rings is 2. The Morgan fingerprint density at radius 1 is 1.17 bits per heavy atom. The summed E-state index contributed by atoms with van der Waals surface area (Å²) in [5.41, 5.74) is 4.58. The summed E-state index contributed by atoms with van der Waals surface area (Å²) in [5, 5.41) is 12.4. The van der Waals surface area contributed by atoms with E-state index in [1.807, 2.05) is 31.2 Å². The third kappa shape index (κ3) is 3.38. The van der Waals surface area contributed by atoms with Gasteiger partial charge in [0.1, 0.15) is 11.3 Å². The number of H-pyrrole nitrogens is 1. The predicted octanol–water partition coefficient (Wildman–Crippen LogP) is 4.42. The molecule has 0 aliphatic rings. The molecule has 5 heteroatoms. The molecule has 0 bridgehead atoms. The number of benzene rings is 2. The van der Waals surface area contributed by atoms with Gasteiger partial charge >= 0.3 is 0 Å². The van der Waals surface area contributed by atoms with Gasteiger partial charge in [-0.15, -0.1) is 0 Å². The van der Waals surface area contributed by atoms with Gasteiger partial charge in [-0.2, -0.15) is 0 Å². The maximum atomic E-state index is 12.5. The van der Waals surface area contributed by atoms with Crippen molar-refractivity contribution in [2.45, 2.75) is 19.8 Å². The van der Waals surface area contributed by atoms with E-state index in [4.69, 9.17) is 0 Å². The number of aryl methyl sites for hydroxylation is 1. The molecule has 0 aliphatic carbocycles. The molecule has 0 spiro atoms. The Hall–Kier alpha value is -3.18. The summed E-state index contributed by atoms with van der Waals surface area (Å²) in [6.45, 7) is 5.06. The molecule has 2 N–H and O–H groups in total. The predicted molar refractivity (Wildman–Crippen MR) is 119 cm³/mol. The summed E-state index contributed by atoms with van der Waals surface area (Å²) in [5.74, 6) is 0.602. The molecule has 0 fully saturated rings. The molecular weight excluding hydrogens is 362 g/mol. The van der Waals surface area contributed by atoms with Crippen molar-refractivity contribution in [2.24, 2.45) is 0 Å². The van der Waals surface area contributed by atoms with Crippen molar-refractivity contribution in [3.8, 4) is 16.9 Å². The van der Waals surface area contributed by atoms with E-state index in [-0.39, 0.29) is 11.3 Å². The summed E-state index contributed by atoms with van der Waals surface area (Å²) >= 11 is 0. The molecule has 4 aromatic rings. The van der Waals surface area contributed by atoms with Gasteiger partial charge < -0.3 is 15.0 Å². The van der Waals surface area contributed by atoms with Crippen LogP contribution in [0.5, 0.6) is 5.75 Å². The zero-order valence-corrected chi connectivity index (χ0v) is 17.2. The third-order valence-corrected chi connectivity index (χ3v) is 5.44. The SMILES string of the molecule is Cc1cc(O)c(-c2ccc(C(C)CN(C)C)cc2)c2c1[nH]c(=O)c1ncccc12. The smallest absolute Gasteiger partial charge is 0.274 e. The Labute approximate surface area is 169 Å². The fourth-order valence-electron chi connectivity index (χ4n) is 4.11. The van der Waals surface area contributed by atoms with Crippen LogP contribution in [-0.4, -0.2) is 40.6 Å². The number of aromatic nitrogens is 2. The average Bonchev–Trinajstić information content (AvgIpc) is 2.69. The van der Waals surface area contributed by atoms with Gasteiger partial charge in [0.05, 0.1) is 5.52 Å². The molecule has 2 aromatic heterocycles. The molecule has 1 atom stereocenters. The summed E-state index contributed by atoms with van der Waals surface area (Å²) in [6.07, 6.45) is 1.61. The van der Waals surface area contributed by atoms with Crippen LogP contribution < -0.4 is 5.56 Å². The van der Waals surface area contributed by atoms with E-state index in [9.17, 15) is 9.90 Å². The van der Waals surface area contributed by atoms with Crippen molar-refractivity contribution in [1.29, 1.82) is 0 Å². The quantitative estimate of drug-likeness (QED) is 0.509. The minimum absolute atomic E-state index is 0.196. The van der Waals surface area contributed by atoms with Gasteiger partial charge in [0.2, 0.25) is 0 Å². The number of hydrogen-bond donors (Lipinski definition) is 2. The van der Waals surface area contributed by atoms with E-state index in [0.717, 1.165) is 34.0 Å². The van der Waals surface area contributed by atoms with Crippen LogP contribution in [0.1, 0.15) is 24.0 Å². The van der Waals surface area contributed by atoms with E-state index in [1.54, 1.807) is 12.3 Å². The number of aromatic hydroxyl groups is 1. The fraction of sp³-hybridized carbons (Fsp3) is 0.250. The third-order valence-electron chi connectivity index (χ3n) is 5.44. The first-order valence-electron chi connectivity index (χ1n) is 9.75. The van der Waals surface area contributed by atoms with E-state index in [1.165, 1.54) is 5.56 Å². The van der Waals surface area contributed by atoms with Gasteiger partial charge in [-0.1, -0.05) is 37.3 Å². The largest absolute Gasteiger partial charge is 0.507 e. The molecule has 0 amide bonds. The second-order valence-corrected chi connectivity index (χ2v) is 7.98. The van der Waals surface area contributed by atoms with E-state index in [2.05, 4.69) is 48.0 Å². The molecule has 2 heterocycles. The van der Waals surface area contributed by atoms with Crippen molar-refractivity contribution >= 4 is 21.8 Å². The summed E-state index contributed by atoms with van der Waals surface area (Å²) in [6, 6.07) is 13.7. The van der Waals surface area contributed by atoms with Crippen LogP contribution in [0.25, 0.3) is 32.9 Å². The highest BCUT2D eigenvalue weighted by Crippen LogP contribution is 2.40. The Morgan fingerprint density at radius 3 is 2.59 bits per heavy atom. The lowest BCUT2D eigenvalue weighted by Gasteiger charge is -2.18.